The van der Waals surface area contributed by atoms with Crippen molar-refractivity contribution >= 4 is 5.91 Å². The van der Waals surface area contributed by atoms with Gasteiger partial charge in [-0.15, -0.1) is 0 Å². The fourth-order valence-electron chi connectivity index (χ4n) is 3.82. The number of hydrogen-bond acceptors (Lipinski definition) is 6. The first kappa shape index (κ1) is 22.8. The summed E-state index contributed by atoms with van der Waals surface area (Å²) in [5.74, 6) is 0.109. The molecule has 0 spiro atoms. The van der Waals surface area contributed by atoms with Gasteiger partial charge in [-0.1, -0.05) is 23.4 Å². The second-order valence-electron chi connectivity index (χ2n) is 8.06. The number of aromatic hydroxyl groups is 1. The summed E-state index contributed by atoms with van der Waals surface area (Å²) in [6.07, 6.45) is -4.46. The number of amides is 1. The number of piperazine rings is 1. The van der Waals surface area contributed by atoms with Crippen LogP contribution in [0.5, 0.6) is 5.75 Å². The number of nitrogens with zero attached hydrogens (tertiary/aromatic N) is 4. The van der Waals surface area contributed by atoms with Gasteiger partial charge >= 0.3 is 6.18 Å². The Morgan fingerprint density at radius 3 is 2.52 bits per heavy atom. The molecule has 0 radical (unpaired) electrons. The minimum Gasteiger partial charge on any atom is -0.507 e. The van der Waals surface area contributed by atoms with E-state index in [0.29, 0.717) is 32.1 Å². The highest BCUT2D eigenvalue weighted by Gasteiger charge is 2.32. The normalized spacial score (nSPS) is 16.1. The van der Waals surface area contributed by atoms with Crippen LogP contribution < -0.4 is 0 Å². The number of aromatic nitrogens is 2. The third-order valence-corrected chi connectivity index (χ3v) is 5.78. The van der Waals surface area contributed by atoms with Crippen LogP contribution in [-0.4, -0.2) is 57.1 Å². The van der Waals surface area contributed by atoms with Crippen LogP contribution >= 0.6 is 0 Å². The largest absolute Gasteiger partial charge is 0.507 e. The fraction of sp³-hybridized carbons (Fsp3) is 0.348. The predicted molar refractivity (Wildman–Crippen MR) is 113 cm³/mol. The van der Waals surface area contributed by atoms with Crippen LogP contribution in [0.1, 0.15) is 40.3 Å². The second-order valence-corrected chi connectivity index (χ2v) is 8.06. The van der Waals surface area contributed by atoms with Crippen molar-refractivity contribution < 1.29 is 27.6 Å². The van der Waals surface area contributed by atoms with Gasteiger partial charge in [0, 0.05) is 31.7 Å². The quantitative estimate of drug-likeness (QED) is 0.626. The average molecular weight is 460 g/mol. The molecule has 1 unspecified atom stereocenters. The maximum atomic E-state index is 13.0. The van der Waals surface area contributed by atoms with Crippen LogP contribution in [0.4, 0.5) is 13.2 Å². The molecule has 7 nitrogen and oxygen atoms in total. The molecular weight excluding hydrogens is 437 g/mol. The summed E-state index contributed by atoms with van der Waals surface area (Å²) in [6, 6.07) is 9.47. The second kappa shape index (κ2) is 8.86. The number of phenols is 1. The van der Waals surface area contributed by atoms with E-state index in [1.165, 1.54) is 12.1 Å². The summed E-state index contributed by atoms with van der Waals surface area (Å²) in [4.78, 5) is 20.8. The van der Waals surface area contributed by atoms with E-state index >= 15 is 0 Å². The number of hydrogen-bond donors (Lipinski definition) is 1. The molecule has 174 valence electrons. The number of aryl methyl sites for hydroxylation is 1. The summed E-state index contributed by atoms with van der Waals surface area (Å²) in [6.45, 7) is 5.69. The molecule has 1 aliphatic rings. The summed E-state index contributed by atoms with van der Waals surface area (Å²) < 4.78 is 44.3. The zero-order valence-electron chi connectivity index (χ0n) is 18.1. The lowest BCUT2D eigenvalue weighted by Crippen LogP contribution is -2.49. The van der Waals surface area contributed by atoms with E-state index in [2.05, 4.69) is 15.0 Å². The molecule has 2 aromatic carbocycles. The van der Waals surface area contributed by atoms with Crippen molar-refractivity contribution in [3.8, 4) is 17.1 Å². The van der Waals surface area contributed by atoms with Crippen molar-refractivity contribution in [2.24, 2.45) is 0 Å². The van der Waals surface area contributed by atoms with Crippen molar-refractivity contribution in [3.05, 3.63) is 65.0 Å². The molecule has 1 fully saturated rings. The van der Waals surface area contributed by atoms with Gasteiger partial charge in [0.25, 0.3) is 5.91 Å². The average Bonchev–Trinajstić information content (AvgIpc) is 3.28. The zero-order valence-corrected chi connectivity index (χ0v) is 18.1. The Labute approximate surface area is 188 Å². The van der Waals surface area contributed by atoms with Crippen molar-refractivity contribution in [1.29, 1.82) is 0 Å². The van der Waals surface area contributed by atoms with Crippen LogP contribution in [0, 0.1) is 6.92 Å². The van der Waals surface area contributed by atoms with Crippen molar-refractivity contribution in [1.82, 2.24) is 19.9 Å². The molecule has 0 saturated carbocycles. The first-order valence-corrected chi connectivity index (χ1v) is 10.5. The predicted octanol–water partition coefficient (Wildman–Crippen LogP) is 4.29. The molecule has 2 heterocycles. The third-order valence-electron chi connectivity index (χ3n) is 5.78. The number of rotatable bonds is 4. The fourth-order valence-corrected chi connectivity index (χ4v) is 3.82. The molecule has 0 bridgehead atoms. The van der Waals surface area contributed by atoms with Crippen LogP contribution in [-0.2, 0) is 6.18 Å². The number of halogens is 3. The molecule has 1 atom stereocenters. The van der Waals surface area contributed by atoms with E-state index in [0.717, 1.165) is 17.7 Å². The molecular formula is C23H23F3N4O3. The number of carbonyl (C=O) groups excluding carboxylic acids is 1. The van der Waals surface area contributed by atoms with Crippen LogP contribution in [0.15, 0.2) is 47.0 Å². The summed E-state index contributed by atoms with van der Waals surface area (Å²) >= 11 is 0. The lowest BCUT2D eigenvalue weighted by Gasteiger charge is -2.36. The molecule has 33 heavy (non-hydrogen) atoms. The van der Waals surface area contributed by atoms with E-state index in [4.69, 9.17) is 4.52 Å². The van der Waals surface area contributed by atoms with Crippen LogP contribution in [0.25, 0.3) is 11.4 Å². The van der Waals surface area contributed by atoms with Gasteiger partial charge in [-0.2, -0.15) is 18.2 Å². The van der Waals surface area contributed by atoms with Crippen molar-refractivity contribution in [3.63, 3.8) is 0 Å². The molecule has 1 saturated heterocycles. The standard InChI is InChI=1S/C23H23F3N4O3/c1-14-6-7-18(19(31)12-14)22(32)30-10-8-29(9-11-30)15(2)21-27-20(28-33-21)16-4-3-5-17(13-16)23(24,25)26/h3-7,12-13,15,31H,8-11H2,1-2H3. The van der Waals surface area contributed by atoms with Gasteiger partial charge in [-0.05, 0) is 43.7 Å². The van der Waals surface area contributed by atoms with E-state index in [1.54, 1.807) is 23.1 Å². The van der Waals surface area contributed by atoms with Gasteiger partial charge in [-0.25, -0.2) is 0 Å². The molecule has 1 aliphatic heterocycles. The first-order chi connectivity index (χ1) is 15.6. The Morgan fingerprint density at radius 1 is 1.12 bits per heavy atom. The summed E-state index contributed by atoms with van der Waals surface area (Å²) in [7, 11) is 0. The van der Waals surface area contributed by atoms with Gasteiger partial charge in [0.2, 0.25) is 11.7 Å². The van der Waals surface area contributed by atoms with Crippen LogP contribution in [0.3, 0.4) is 0 Å². The summed E-state index contributed by atoms with van der Waals surface area (Å²) in [5, 5.41) is 13.9. The topological polar surface area (TPSA) is 82.7 Å². The Balaban J connectivity index is 1.41. The molecule has 1 aromatic heterocycles. The monoisotopic (exact) mass is 460 g/mol. The molecule has 3 aromatic rings. The minimum absolute atomic E-state index is 0.0382. The van der Waals surface area contributed by atoms with E-state index in [1.807, 2.05) is 13.8 Å². The third kappa shape index (κ3) is 4.85. The highest BCUT2D eigenvalue weighted by molar-refractivity contribution is 5.97. The lowest BCUT2D eigenvalue weighted by molar-refractivity contribution is -0.137. The first-order valence-electron chi connectivity index (χ1n) is 10.5. The maximum Gasteiger partial charge on any atom is 0.416 e. The van der Waals surface area contributed by atoms with E-state index in [-0.39, 0.29) is 34.6 Å². The Morgan fingerprint density at radius 2 is 1.85 bits per heavy atom. The van der Waals surface area contributed by atoms with Gasteiger partial charge in [0.1, 0.15) is 5.75 Å². The highest BCUT2D eigenvalue weighted by Crippen LogP contribution is 2.32. The van der Waals surface area contributed by atoms with Gasteiger partial charge in [-0.3, -0.25) is 9.69 Å². The Hall–Kier alpha value is -3.40. The van der Waals surface area contributed by atoms with Gasteiger partial charge < -0.3 is 14.5 Å². The maximum absolute atomic E-state index is 13.0. The molecule has 1 N–H and O–H groups in total. The molecule has 10 heteroatoms. The smallest absolute Gasteiger partial charge is 0.416 e. The lowest BCUT2D eigenvalue weighted by atomic mass is 10.1. The molecule has 1 amide bonds. The Kier molecular flexibility index (Phi) is 6.11. The molecule has 4 rings (SSSR count). The summed E-state index contributed by atoms with van der Waals surface area (Å²) in [5.41, 5.74) is 0.580. The van der Waals surface area contributed by atoms with E-state index in [9.17, 15) is 23.1 Å². The number of phenolic OH excluding ortho intramolecular Hbond substituents is 1. The Bertz CT molecular complexity index is 1150. The van der Waals surface area contributed by atoms with Crippen molar-refractivity contribution in [2.45, 2.75) is 26.1 Å². The van der Waals surface area contributed by atoms with Gasteiger partial charge in [0.15, 0.2) is 0 Å². The minimum atomic E-state index is -4.46. The van der Waals surface area contributed by atoms with Crippen molar-refractivity contribution in [2.75, 3.05) is 26.2 Å². The highest BCUT2D eigenvalue weighted by atomic mass is 19.4. The van der Waals surface area contributed by atoms with Crippen LogP contribution in [0.2, 0.25) is 0 Å². The number of benzene rings is 2. The SMILES string of the molecule is Cc1ccc(C(=O)N2CCN(C(C)c3nc(-c4cccc(C(F)(F)F)c4)no3)CC2)c(O)c1. The molecule has 0 aliphatic carbocycles. The number of carbonyl (C=O) groups is 1. The zero-order chi connectivity index (χ0) is 23.8. The van der Waals surface area contributed by atoms with E-state index < -0.39 is 11.7 Å². The number of alkyl halides is 3. The van der Waals surface area contributed by atoms with Gasteiger partial charge in [0.05, 0.1) is 17.2 Å².